The van der Waals surface area contributed by atoms with Gasteiger partial charge in [0, 0.05) is 18.3 Å². The molecule has 4 heterocycles. The van der Waals surface area contributed by atoms with E-state index in [1.165, 1.54) is 33.9 Å². The second-order valence-electron chi connectivity index (χ2n) is 9.00. The van der Waals surface area contributed by atoms with E-state index in [-0.39, 0.29) is 46.1 Å². The van der Waals surface area contributed by atoms with Crippen LogP contribution in [-0.4, -0.2) is 54.6 Å². The first kappa shape index (κ1) is 23.5. The zero-order chi connectivity index (χ0) is 24.3. The number of hydrogen-bond acceptors (Lipinski definition) is 5. The summed E-state index contributed by atoms with van der Waals surface area (Å²) in [5.41, 5.74) is 1.58. The molecule has 0 bridgehead atoms. The van der Waals surface area contributed by atoms with Crippen molar-refractivity contribution < 1.29 is 18.3 Å². The third-order valence-corrected chi connectivity index (χ3v) is 6.67. The van der Waals surface area contributed by atoms with Gasteiger partial charge in [-0.15, -0.1) is 0 Å². The lowest BCUT2D eigenvalue weighted by Crippen LogP contribution is -2.29. The summed E-state index contributed by atoms with van der Waals surface area (Å²) in [5.74, 6) is -0.564. The number of benzene rings is 1. The average Bonchev–Trinajstić information content (AvgIpc) is 3.30. The molecule has 2 fully saturated rings. The van der Waals surface area contributed by atoms with Crippen molar-refractivity contribution in [2.45, 2.75) is 30.8 Å². The Morgan fingerprint density at radius 2 is 1.92 bits per heavy atom. The van der Waals surface area contributed by atoms with Gasteiger partial charge in [-0.05, 0) is 48.4 Å². The van der Waals surface area contributed by atoms with Crippen LogP contribution >= 0.6 is 0 Å². The number of hydrogen-bond donors (Lipinski definition) is 2. The molecule has 9 nitrogen and oxygen atoms in total. The van der Waals surface area contributed by atoms with Crippen molar-refractivity contribution >= 4 is 11.6 Å². The number of aromatic amines is 2. The molecule has 2 aliphatic rings. The summed E-state index contributed by atoms with van der Waals surface area (Å²) in [6.07, 6.45) is 2.79. The van der Waals surface area contributed by atoms with Crippen LogP contribution in [0.25, 0.3) is 16.9 Å². The van der Waals surface area contributed by atoms with Crippen LogP contribution in [0.3, 0.4) is 0 Å². The van der Waals surface area contributed by atoms with Gasteiger partial charge in [0.05, 0.1) is 24.0 Å². The predicted molar refractivity (Wildman–Crippen MR) is 124 cm³/mol. The SMILES string of the molecule is F.O=C(c1cn2nc(-c3c[nH]c(=O)[nH]c3=O)cc([C@H]3C[C@@H]3c3ccc(F)cc3)c2n1)N1CCC(F)C1. The number of H-pyrrole nitrogens is 2. The van der Waals surface area contributed by atoms with Crippen LogP contribution in [0.4, 0.5) is 13.5 Å². The minimum absolute atomic E-state index is 0. The molecule has 1 aliphatic carbocycles. The van der Waals surface area contributed by atoms with Gasteiger partial charge >= 0.3 is 5.69 Å². The number of carbonyl (C=O) groups is 1. The van der Waals surface area contributed by atoms with Gasteiger partial charge in [-0.1, -0.05) is 12.1 Å². The molecule has 1 saturated heterocycles. The Balaban J connectivity index is 0.00000267. The normalized spacial score (nSPS) is 20.9. The number of rotatable bonds is 4. The van der Waals surface area contributed by atoms with Gasteiger partial charge in [0.25, 0.3) is 11.5 Å². The minimum Gasteiger partial charge on any atom is -0.334 e. The highest BCUT2D eigenvalue weighted by atomic mass is 19.1. The summed E-state index contributed by atoms with van der Waals surface area (Å²) >= 11 is 0. The Bertz CT molecular complexity index is 1580. The van der Waals surface area contributed by atoms with Crippen molar-refractivity contribution in [2.75, 3.05) is 13.1 Å². The molecular formula is C24H21F3N6O3. The molecule has 1 unspecified atom stereocenters. The number of alkyl halides is 1. The number of fused-ring (bicyclic) bond motifs is 1. The molecule has 4 aromatic rings. The number of likely N-dealkylation sites (tertiary alicyclic amines) is 1. The molecule has 1 aliphatic heterocycles. The van der Waals surface area contributed by atoms with Crippen molar-refractivity contribution in [1.82, 2.24) is 29.5 Å². The smallest absolute Gasteiger partial charge is 0.325 e. The molecule has 12 heteroatoms. The number of nitrogens with one attached hydrogen (secondary N) is 2. The third-order valence-electron chi connectivity index (χ3n) is 6.67. The number of halogens is 3. The van der Waals surface area contributed by atoms with Crippen LogP contribution < -0.4 is 11.2 Å². The molecule has 3 aromatic heterocycles. The second-order valence-corrected chi connectivity index (χ2v) is 9.00. The van der Waals surface area contributed by atoms with Crippen LogP contribution in [0, 0.1) is 5.82 Å². The summed E-state index contributed by atoms with van der Waals surface area (Å²) in [7, 11) is 0. The van der Waals surface area contributed by atoms with E-state index in [0.717, 1.165) is 17.5 Å². The van der Waals surface area contributed by atoms with Crippen molar-refractivity contribution in [3.8, 4) is 11.3 Å². The van der Waals surface area contributed by atoms with Crippen LogP contribution in [-0.2, 0) is 0 Å². The first-order valence-electron chi connectivity index (χ1n) is 11.3. The Labute approximate surface area is 201 Å². The Hall–Kier alpha value is -4.22. The number of nitrogens with zero attached hydrogens (tertiary/aromatic N) is 4. The average molecular weight is 498 g/mol. The topological polar surface area (TPSA) is 116 Å². The Kier molecular flexibility index (Phi) is 5.73. The zero-order valence-corrected chi connectivity index (χ0v) is 18.8. The largest absolute Gasteiger partial charge is 0.334 e. The summed E-state index contributed by atoms with van der Waals surface area (Å²) in [6, 6.07) is 8.05. The van der Waals surface area contributed by atoms with Gasteiger partial charge in [0.2, 0.25) is 0 Å². The van der Waals surface area contributed by atoms with Crippen molar-refractivity contribution in [3.05, 3.63) is 86.2 Å². The predicted octanol–water partition coefficient (Wildman–Crippen LogP) is 2.52. The summed E-state index contributed by atoms with van der Waals surface area (Å²) < 4.78 is 28.5. The Morgan fingerprint density at radius 3 is 2.61 bits per heavy atom. The molecule has 1 amide bonds. The first-order chi connectivity index (χ1) is 16.9. The molecule has 0 radical (unpaired) electrons. The lowest BCUT2D eigenvalue weighted by molar-refractivity contribution is 0.0777. The van der Waals surface area contributed by atoms with E-state index in [1.54, 1.807) is 18.2 Å². The number of imidazole rings is 1. The van der Waals surface area contributed by atoms with E-state index >= 15 is 0 Å². The van der Waals surface area contributed by atoms with E-state index in [4.69, 9.17) is 0 Å². The standard InChI is InChI=1S/C24H20F2N6O3.FH/c25-13-3-1-12(2-4-13)15-7-16(15)17-8-19(18-9-27-24(35)29-22(18)33)30-32-11-20(28-21(17)32)23(34)31-6-5-14(26)10-31;/h1-4,8-9,11,14-16H,5-7,10H2,(H2,27,29,33,35);1H/t14?,15-,16+;/m1./s1. The summed E-state index contributed by atoms with van der Waals surface area (Å²) in [6.45, 7) is 0.349. The highest BCUT2D eigenvalue weighted by molar-refractivity contribution is 5.93. The van der Waals surface area contributed by atoms with Gasteiger partial charge in [0.1, 0.15) is 17.7 Å². The first-order valence-corrected chi connectivity index (χ1v) is 11.3. The molecule has 0 spiro atoms. The van der Waals surface area contributed by atoms with Gasteiger partial charge in [0.15, 0.2) is 5.65 Å². The lowest BCUT2D eigenvalue weighted by Gasteiger charge is -2.12. The van der Waals surface area contributed by atoms with Crippen LogP contribution in [0.1, 0.15) is 46.3 Å². The van der Waals surface area contributed by atoms with Crippen molar-refractivity contribution in [2.24, 2.45) is 0 Å². The molecule has 1 aromatic carbocycles. The fraction of sp³-hybridized carbons (Fsp3) is 0.292. The fourth-order valence-corrected chi connectivity index (χ4v) is 4.79. The van der Waals surface area contributed by atoms with E-state index < -0.39 is 17.4 Å². The monoisotopic (exact) mass is 498 g/mol. The quantitative estimate of drug-likeness (QED) is 0.449. The van der Waals surface area contributed by atoms with Gasteiger partial charge in [-0.2, -0.15) is 5.10 Å². The van der Waals surface area contributed by atoms with E-state index in [9.17, 15) is 23.2 Å². The van der Waals surface area contributed by atoms with Crippen LogP contribution in [0.2, 0.25) is 0 Å². The summed E-state index contributed by atoms with van der Waals surface area (Å²) in [4.78, 5) is 47.5. The molecule has 6 rings (SSSR count). The van der Waals surface area contributed by atoms with E-state index in [1.807, 2.05) is 0 Å². The maximum Gasteiger partial charge on any atom is 0.325 e. The van der Waals surface area contributed by atoms with E-state index in [2.05, 4.69) is 20.1 Å². The van der Waals surface area contributed by atoms with Gasteiger partial charge in [-0.3, -0.25) is 19.3 Å². The Morgan fingerprint density at radius 1 is 1.14 bits per heavy atom. The highest BCUT2D eigenvalue weighted by Crippen LogP contribution is 2.55. The molecular weight excluding hydrogens is 477 g/mol. The molecule has 186 valence electrons. The van der Waals surface area contributed by atoms with Gasteiger partial charge in [-0.25, -0.2) is 23.1 Å². The van der Waals surface area contributed by atoms with Crippen molar-refractivity contribution in [1.29, 1.82) is 0 Å². The minimum atomic E-state index is -1.05. The molecule has 3 atom stereocenters. The highest BCUT2D eigenvalue weighted by Gasteiger charge is 2.42. The number of aromatic nitrogens is 5. The van der Waals surface area contributed by atoms with Crippen LogP contribution in [0.5, 0.6) is 0 Å². The maximum atomic E-state index is 13.7. The number of carbonyl (C=O) groups excluding carboxylic acids is 1. The fourth-order valence-electron chi connectivity index (χ4n) is 4.79. The second kappa shape index (κ2) is 8.77. The third kappa shape index (κ3) is 4.08. The maximum absolute atomic E-state index is 13.7. The molecule has 2 N–H and O–H groups in total. The lowest BCUT2D eigenvalue weighted by atomic mass is 10.0. The zero-order valence-electron chi connectivity index (χ0n) is 18.8. The van der Waals surface area contributed by atoms with Gasteiger partial charge < -0.3 is 9.88 Å². The van der Waals surface area contributed by atoms with Crippen molar-refractivity contribution in [3.63, 3.8) is 0 Å². The summed E-state index contributed by atoms with van der Waals surface area (Å²) in [5, 5.41) is 4.48. The molecule has 1 saturated carbocycles. The molecule has 36 heavy (non-hydrogen) atoms. The van der Waals surface area contributed by atoms with Crippen LogP contribution in [0.15, 0.2) is 52.3 Å². The van der Waals surface area contributed by atoms with E-state index in [0.29, 0.717) is 24.3 Å². The number of amides is 1.